The average molecular weight is 373 g/mol. The second kappa shape index (κ2) is 4.69. The van der Waals surface area contributed by atoms with Crippen molar-refractivity contribution in [3.05, 3.63) is 39.4 Å². The number of nitrogens with zero attached hydrogens (tertiary/aromatic N) is 3. The first-order valence-corrected chi connectivity index (χ1v) is 6.48. The SMILES string of the molecule is Clc1nc(Oc2ccc(I)cc2)c2[nH]cnc2n1. The summed E-state index contributed by atoms with van der Waals surface area (Å²) in [6.45, 7) is 0. The first-order chi connectivity index (χ1) is 8.72. The molecule has 0 bridgehead atoms. The number of rotatable bonds is 2. The van der Waals surface area contributed by atoms with Crippen LogP contribution in [0.2, 0.25) is 5.28 Å². The van der Waals surface area contributed by atoms with E-state index in [-0.39, 0.29) is 5.28 Å². The van der Waals surface area contributed by atoms with E-state index in [4.69, 9.17) is 16.3 Å². The highest BCUT2D eigenvalue weighted by Gasteiger charge is 2.10. The van der Waals surface area contributed by atoms with Gasteiger partial charge in [0.1, 0.15) is 11.3 Å². The minimum Gasteiger partial charge on any atom is -0.437 e. The minimum atomic E-state index is 0.107. The summed E-state index contributed by atoms with van der Waals surface area (Å²) in [7, 11) is 0. The Bertz CT molecular complexity index is 698. The van der Waals surface area contributed by atoms with Gasteiger partial charge in [-0.05, 0) is 58.5 Å². The third-order valence-corrected chi connectivity index (χ3v) is 3.14. The summed E-state index contributed by atoms with van der Waals surface area (Å²) in [5.74, 6) is 1.05. The number of hydrogen-bond donors (Lipinski definition) is 1. The van der Waals surface area contributed by atoms with Crippen LogP contribution >= 0.6 is 34.2 Å². The van der Waals surface area contributed by atoms with Gasteiger partial charge in [0, 0.05) is 3.57 Å². The van der Waals surface area contributed by atoms with Gasteiger partial charge in [-0.3, -0.25) is 0 Å². The molecule has 0 aliphatic rings. The zero-order valence-electron chi connectivity index (χ0n) is 8.89. The molecule has 0 spiro atoms. The lowest BCUT2D eigenvalue weighted by atomic mass is 10.3. The number of aromatic amines is 1. The Hall–Kier alpha value is -1.41. The number of benzene rings is 1. The van der Waals surface area contributed by atoms with Crippen LogP contribution in [-0.2, 0) is 0 Å². The van der Waals surface area contributed by atoms with Crippen molar-refractivity contribution in [2.24, 2.45) is 0 Å². The molecule has 0 atom stereocenters. The van der Waals surface area contributed by atoms with Crippen LogP contribution in [0.15, 0.2) is 30.6 Å². The Balaban J connectivity index is 2.03. The number of fused-ring (bicyclic) bond motifs is 1. The van der Waals surface area contributed by atoms with Crippen molar-refractivity contribution >= 4 is 45.4 Å². The van der Waals surface area contributed by atoms with Crippen LogP contribution in [0.5, 0.6) is 11.6 Å². The number of H-pyrrole nitrogens is 1. The van der Waals surface area contributed by atoms with Gasteiger partial charge in [0.05, 0.1) is 6.33 Å². The van der Waals surface area contributed by atoms with Gasteiger partial charge in [-0.1, -0.05) is 0 Å². The van der Waals surface area contributed by atoms with Crippen LogP contribution in [0, 0.1) is 3.57 Å². The molecule has 18 heavy (non-hydrogen) atoms. The van der Waals surface area contributed by atoms with Crippen molar-refractivity contribution in [3.8, 4) is 11.6 Å². The molecule has 90 valence electrons. The van der Waals surface area contributed by atoms with Crippen LogP contribution in [0.3, 0.4) is 0 Å². The Kier molecular flexibility index (Phi) is 3.04. The molecule has 0 aliphatic carbocycles. The summed E-state index contributed by atoms with van der Waals surface area (Å²) in [6, 6.07) is 7.62. The molecule has 0 amide bonds. The number of ether oxygens (including phenoxy) is 1. The summed E-state index contributed by atoms with van der Waals surface area (Å²) >= 11 is 8.04. The first-order valence-electron chi connectivity index (χ1n) is 5.02. The lowest BCUT2D eigenvalue weighted by Crippen LogP contribution is -1.92. The van der Waals surface area contributed by atoms with E-state index in [2.05, 4.69) is 42.5 Å². The van der Waals surface area contributed by atoms with Crippen molar-refractivity contribution in [1.82, 2.24) is 19.9 Å². The standard InChI is InChI=1S/C11H6ClIN4O/c12-11-16-9-8(14-5-15-9)10(17-11)18-7-3-1-6(13)2-4-7/h1-5H,(H,14,15,16,17). The summed E-state index contributed by atoms with van der Waals surface area (Å²) in [6.07, 6.45) is 1.52. The molecule has 3 aromatic rings. The smallest absolute Gasteiger partial charge is 0.250 e. The quantitative estimate of drug-likeness (QED) is 0.553. The summed E-state index contributed by atoms with van der Waals surface area (Å²) in [5, 5.41) is 0.107. The zero-order valence-corrected chi connectivity index (χ0v) is 11.8. The minimum absolute atomic E-state index is 0.107. The molecule has 1 aromatic carbocycles. The molecule has 5 nitrogen and oxygen atoms in total. The predicted octanol–water partition coefficient (Wildman–Crippen LogP) is 3.40. The highest BCUT2D eigenvalue weighted by atomic mass is 127. The number of halogens is 2. The maximum Gasteiger partial charge on any atom is 0.250 e. The van der Waals surface area contributed by atoms with Crippen molar-refractivity contribution in [2.45, 2.75) is 0 Å². The maximum absolute atomic E-state index is 5.81. The van der Waals surface area contributed by atoms with Crippen LogP contribution in [0.25, 0.3) is 11.2 Å². The Morgan fingerprint density at radius 2 is 1.94 bits per heavy atom. The molecule has 1 N–H and O–H groups in total. The topological polar surface area (TPSA) is 63.7 Å². The van der Waals surface area contributed by atoms with Crippen LogP contribution in [0.4, 0.5) is 0 Å². The van der Waals surface area contributed by atoms with Gasteiger partial charge in [-0.2, -0.15) is 9.97 Å². The van der Waals surface area contributed by atoms with Gasteiger partial charge in [-0.25, -0.2) is 4.98 Å². The van der Waals surface area contributed by atoms with E-state index in [1.165, 1.54) is 6.33 Å². The van der Waals surface area contributed by atoms with E-state index in [1.54, 1.807) is 0 Å². The monoisotopic (exact) mass is 372 g/mol. The fourth-order valence-corrected chi connectivity index (χ4v) is 1.99. The van der Waals surface area contributed by atoms with Gasteiger partial charge in [0.25, 0.3) is 0 Å². The molecular weight excluding hydrogens is 367 g/mol. The highest BCUT2D eigenvalue weighted by Crippen LogP contribution is 2.26. The molecular formula is C11H6ClIN4O. The predicted molar refractivity (Wildman–Crippen MR) is 75.9 cm³/mol. The molecule has 3 rings (SSSR count). The fraction of sp³-hybridized carbons (Fsp3) is 0. The second-order valence-corrected chi connectivity index (χ2v) is 5.04. The van der Waals surface area contributed by atoms with E-state index in [0.29, 0.717) is 22.8 Å². The molecule has 7 heteroatoms. The van der Waals surface area contributed by atoms with Crippen molar-refractivity contribution < 1.29 is 4.74 Å². The fourth-order valence-electron chi connectivity index (χ4n) is 1.47. The van der Waals surface area contributed by atoms with E-state index in [9.17, 15) is 0 Å². The highest BCUT2D eigenvalue weighted by molar-refractivity contribution is 14.1. The lowest BCUT2D eigenvalue weighted by molar-refractivity contribution is 0.467. The molecule has 0 saturated heterocycles. The van der Waals surface area contributed by atoms with Crippen molar-refractivity contribution in [2.75, 3.05) is 0 Å². The number of aromatic nitrogens is 4. The van der Waals surface area contributed by atoms with Crippen LogP contribution in [0.1, 0.15) is 0 Å². The first kappa shape index (κ1) is 11.7. The maximum atomic E-state index is 5.81. The Morgan fingerprint density at radius 1 is 1.17 bits per heavy atom. The average Bonchev–Trinajstić information content (AvgIpc) is 2.80. The van der Waals surface area contributed by atoms with Gasteiger partial charge < -0.3 is 9.72 Å². The van der Waals surface area contributed by atoms with Gasteiger partial charge in [-0.15, -0.1) is 0 Å². The number of hydrogen-bond acceptors (Lipinski definition) is 4. The van der Waals surface area contributed by atoms with Crippen LogP contribution < -0.4 is 4.74 Å². The largest absolute Gasteiger partial charge is 0.437 e. The number of nitrogens with one attached hydrogen (secondary N) is 1. The lowest BCUT2D eigenvalue weighted by Gasteiger charge is -2.05. The van der Waals surface area contributed by atoms with Crippen molar-refractivity contribution in [3.63, 3.8) is 0 Å². The molecule has 0 saturated carbocycles. The van der Waals surface area contributed by atoms with E-state index >= 15 is 0 Å². The molecule has 0 fully saturated rings. The molecule has 0 aliphatic heterocycles. The zero-order chi connectivity index (χ0) is 12.5. The third-order valence-electron chi connectivity index (χ3n) is 2.25. The third kappa shape index (κ3) is 2.25. The molecule has 0 unspecified atom stereocenters. The summed E-state index contributed by atoms with van der Waals surface area (Å²) in [4.78, 5) is 15.0. The Morgan fingerprint density at radius 3 is 2.72 bits per heavy atom. The number of imidazole rings is 1. The van der Waals surface area contributed by atoms with E-state index < -0.39 is 0 Å². The second-order valence-electron chi connectivity index (χ2n) is 3.45. The van der Waals surface area contributed by atoms with E-state index in [1.807, 2.05) is 24.3 Å². The van der Waals surface area contributed by atoms with Crippen molar-refractivity contribution in [1.29, 1.82) is 0 Å². The summed E-state index contributed by atoms with van der Waals surface area (Å²) < 4.78 is 6.81. The van der Waals surface area contributed by atoms with Gasteiger partial charge in [0.2, 0.25) is 11.2 Å². The normalized spacial score (nSPS) is 10.8. The molecule has 0 radical (unpaired) electrons. The van der Waals surface area contributed by atoms with Gasteiger partial charge in [0.15, 0.2) is 5.65 Å². The Labute approximate surface area is 121 Å². The van der Waals surface area contributed by atoms with Gasteiger partial charge >= 0.3 is 0 Å². The van der Waals surface area contributed by atoms with Crippen LogP contribution in [-0.4, -0.2) is 19.9 Å². The van der Waals surface area contributed by atoms with E-state index in [0.717, 1.165) is 3.57 Å². The summed E-state index contributed by atoms with van der Waals surface area (Å²) in [5.41, 5.74) is 1.11. The molecule has 2 heterocycles. The molecule has 2 aromatic heterocycles.